The molecule has 5 rings (SSSR count). The van der Waals surface area contributed by atoms with Gasteiger partial charge in [0.1, 0.15) is 5.69 Å². The number of anilines is 1. The highest BCUT2D eigenvalue weighted by molar-refractivity contribution is 7.03. The average molecular weight is 537 g/mol. The predicted octanol–water partition coefficient (Wildman–Crippen LogP) is 5.73. The summed E-state index contributed by atoms with van der Waals surface area (Å²) in [5.41, 5.74) is 6.68. The van der Waals surface area contributed by atoms with E-state index in [1.807, 2.05) is 77.9 Å². The van der Waals surface area contributed by atoms with E-state index in [1.165, 1.54) is 17.1 Å². The molecule has 3 amide bonds. The zero-order chi connectivity index (χ0) is 27.2. The van der Waals surface area contributed by atoms with Gasteiger partial charge >= 0.3 is 6.03 Å². The molecule has 3 aromatic carbocycles. The van der Waals surface area contributed by atoms with Gasteiger partial charge in [-0.25, -0.2) is 4.79 Å². The van der Waals surface area contributed by atoms with Crippen molar-refractivity contribution in [2.24, 2.45) is 0 Å². The third-order valence-corrected chi connectivity index (χ3v) is 7.59. The summed E-state index contributed by atoms with van der Waals surface area (Å²) < 4.78 is 3.88. The number of nitriles is 1. The van der Waals surface area contributed by atoms with Gasteiger partial charge in [-0.15, -0.1) is 5.10 Å². The maximum absolute atomic E-state index is 13.3. The number of nitrogens with one attached hydrogen (secondary N) is 2. The second kappa shape index (κ2) is 11.9. The Balaban J connectivity index is 1.15. The van der Waals surface area contributed by atoms with Gasteiger partial charge in [0.05, 0.1) is 11.6 Å². The van der Waals surface area contributed by atoms with Gasteiger partial charge in [0.25, 0.3) is 5.91 Å². The minimum absolute atomic E-state index is 0.0351. The van der Waals surface area contributed by atoms with Crippen LogP contribution < -0.4 is 10.6 Å². The van der Waals surface area contributed by atoms with E-state index in [-0.39, 0.29) is 11.9 Å². The number of likely N-dealkylation sites (tertiary alicyclic amines) is 1. The summed E-state index contributed by atoms with van der Waals surface area (Å²) in [7, 11) is 0. The van der Waals surface area contributed by atoms with Crippen LogP contribution >= 0.6 is 11.5 Å². The van der Waals surface area contributed by atoms with Crippen molar-refractivity contribution in [3.05, 3.63) is 99.9 Å². The lowest BCUT2D eigenvalue weighted by Gasteiger charge is -2.32. The molecule has 1 fully saturated rings. The number of urea groups is 1. The molecule has 196 valence electrons. The van der Waals surface area contributed by atoms with Gasteiger partial charge in [-0.2, -0.15) is 5.26 Å². The molecule has 1 saturated heterocycles. The first kappa shape index (κ1) is 26.1. The van der Waals surface area contributed by atoms with Crippen LogP contribution in [0.4, 0.5) is 10.5 Å². The first-order valence-electron chi connectivity index (χ1n) is 12.8. The molecular weight excluding hydrogens is 508 g/mol. The van der Waals surface area contributed by atoms with Gasteiger partial charge in [-0.3, -0.25) is 4.79 Å². The Morgan fingerprint density at radius 2 is 1.79 bits per heavy atom. The van der Waals surface area contributed by atoms with E-state index >= 15 is 0 Å². The Morgan fingerprint density at radius 3 is 2.46 bits per heavy atom. The van der Waals surface area contributed by atoms with Crippen LogP contribution in [0, 0.1) is 18.3 Å². The molecule has 1 aliphatic heterocycles. The molecule has 0 unspecified atom stereocenters. The van der Waals surface area contributed by atoms with Crippen molar-refractivity contribution >= 4 is 29.2 Å². The van der Waals surface area contributed by atoms with Crippen molar-refractivity contribution < 1.29 is 9.59 Å². The minimum Gasteiger partial charge on any atom is -0.339 e. The van der Waals surface area contributed by atoms with Crippen LogP contribution in [0.1, 0.15) is 51.4 Å². The standard InChI is InChI=1S/C30H28N6O2S/c1-20-2-7-26(29(37)36-14-12-24(13-15-36)23-8-3-21(17-31)4-9-23)16-27(20)33-30(38)32-18-22-5-10-25(11-6-22)28-19-39-35-34-28/h2-11,16,19,24H,12-15,18H2,1H3,(H2,32,33,38). The van der Waals surface area contributed by atoms with Crippen LogP contribution in [-0.2, 0) is 6.54 Å². The molecule has 39 heavy (non-hydrogen) atoms. The fourth-order valence-corrected chi connectivity index (χ4v) is 5.22. The van der Waals surface area contributed by atoms with Gasteiger partial charge in [0.2, 0.25) is 0 Å². The predicted molar refractivity (Wildman–Crippen MR) is 151 cm³/mol. The highest BCUT2D eigenvalue weighted by Crippen LogP contribution is 2.29. The zero-order valence-electron chi connectivity index (χ0n) is 21.6. The Hall–Kier alpha value is -4.55. The molecule has 0 bridgehead atoms. The highest BCUT2D eigenvalue weighted by atomic mass is 32.1. The van der Waals surface area contributed by atoms with Gasteiger partial charge in [-0.05, 0) is 78.2 Å². The zero-order valence-corrected chi connectivity index (χ0v) is 22.4. The van der Waals surface area contributed by atoms with Crippen LogP contribution in [-0.4, -0.2) is 39.5 Å². The molecule has 0 atom stereocenters. The second-order valence-corrected chi connectivity index (χ2v) is 10.2. The molecule has 1 aliphatic rings. The third-order valence-electron chi connectivity index (χ3n) is 7.09. The number of amides is 3. The van der Waals surface area contributed by atoms with Crippen LogP contribution in [0.2, 0.25) is 0 Å². The number of hydrogen-bond acceptors (Lipinski definition) is 6. The number of carbonyl (C=O) groups excluding carboxylic acids is 2. The van der Waals surface area contributed by atoms with Crippen LogP contribution in [0.25, 0.3) is 11.3 Å². The van der Waals surface area contributed by atoms with Gasteiger partial charge < -0.3 is 15.5 Å². The molecule has 0 spiro atoms. The summed E-state index contributed by atoms with van der Waals surface area (Å²) in [6.45, 7) is 3.60. The van der Waals surface area contributed by atoms with Gasteiger partial charge in [0, 0.05) is 41.8 Å². The summed E-state index contributed by atoms with van der Waals surface area (Å²) in [4.78, 5) is 27.8. The number of piperidine rings is 1. The van der Waals surface area contributed by atoms with Crippen molar-refractivity contribution in [3.8, 4) is 17.3 Å². The lowest BCUT2D eigenvalue weighted by Crippen LogP contribution is -2.38. The molecule has 2 N–H and O–H groups in total. The number of aromatic nitrogens is 2. The van der Waals surface area contributed by atoms with Crippen molar-refractivity contribution in [2.45, 2.75) is 32.2 Å². The number of benzene rings is 3. The van der Waals surface area contributed by atoms with Crippen molar-refractivity contribution in [1.29, 1.82) is 5.26 Å². The monoisotopic (exact) mass is 536 g/mol. The van der Waals surface area contributed by atoms with E-state index < -0.39 is 0 Å². The highest BCUT2D eigenvalue weighted by Gasteiger charge is 2.25. The molecule has 8 nitrogen and oxygen atoms in total. The summed E-state index contributed by atoms with van der Waals surface area (Å²) in [6.07, 6.45) is 1.75. The van der Waals surface area contributed by atoms with Crippen LogP contribution in [0.15, 0.2) is 72.1 Å². The third kappa shape index (κ3) is 6.30. The Kier molecular flexibility index (Phi) is 7.94. The lowest BCUT2D eigenvalue weighted by molar-refractivity contribution is 0.0713. The molecule has 0 saturated carbocycles. The number of rotatable bonds is 6. The lowest BCUT2D eigenvalue weighted by atomic mass is 9.89. The van der Waals surface area contributed by atoms with Gasteiger partial charge in [0.15, 0.2) is 0 Å². The Morgan fingerprint density at radius 1 is 1.05 bits per heavy atom. The molecule has 1 aromatic heterocycles. The normalized spacial score (nSPS) is 13.5. The number of carbonyl (C=O) groups is 2. The van der Waals surface area contributed by atoms with E-state index in [0.717, 1.165) is 35.2 Å². The van der Waals surface area contributed by atoms with E-state index in [4.69, 9.17) is 5.26 Å². The van der Waals surface area contributed by atoms with Crippen LogP contribution in [0.5, 0.6) is 0 Å². The summed E-state index contributed by atoms with van der Waals surface area (Å²) in [6, 6.07) is 22.8. The first-order valence-corrected chi connectivity index (χ1v) is 13.6. The number of hydrogen-bond donors (Lipinski definition) is 2. The first-order chi connectivity index (χ1) is 19.0. The second-order valence-electron chi connectivity index (χ2n) is 9.62. The van der Waals surface area contributed by atoms with E-state index in [2.05, 4.69) is 26.3 Å². The Bertz CT molecular complexity index is 1490. The smallest absolute Gasteiger partial charge is 0.319 e. The molecule has 4 aromatic rings. The number of aryl methyl sites for hydroxylation is 1. The summed E-state index contributed by atoms with van der Waals surface area (Å²) >= 11 is 1.31. The maximum Gasteiger partial charge on any atom is 0.319 e. The van der Waals surface area contributed by atoms with Crippen molar-refractivity contribution in [2.75, 3.05) is 18.4 Å². The van der Waals surface area contributed by atoms with E-state index in [0.29, 0.717) is 42.4 Å². The van der Waals surface area contributed by atoms with Gasteiger partial charge in [-0.1, -0.05) is 47.0 Å². The summed E-state index contributed by atoms with van der Waals surface area (Å²) in [5.74, 6) is 0.341. The largest absolute Gasteiger partial charge is 0.339 e. The van der Waals surface area contributed by atoms with Crippen LogP contribution in [0.3, 0.4) is 0 Å². The SMILES string of the molecule is Cc1ccc(C(=O)N2CCC(c3ccc(C#N)cc3)CC2)cc1NC(=O)NCc1ccc(-c2csnn2)cc1. The molecule has 0 aliphatic carbocycles. The molecule has 0 radical (unpaired) electrons. The number of nitrogens with zero attached hydrogens (tertiary/aromatic N) is 4. The Labute approximate surface area is 231 Å². The summed E-state index contributed by atoms with van der Waals surface area (Å²) in [5, 5.41) is 20.7. The fraction of sp³-hybridized carbons (Fsp3) is 0.233. The molecule has 9 heteroatoms. The van der Waals surface area contributed by atoms with E-state index in [1.54, 1.807) is 6.07 Å². The quantitative estimate of drug-likeness (QED) is 0.327. The molecule has 2 heterocycles. The van der Waals surface area contributed by atoms with Crippen molar-refractivity contribution in [1.82, 2.24) is 19.8 Å². The minimum atomic E-state index is -0.335. The fourth-order valence-electron chi connectivity index (χ4n) is 4.75. The average Bonchev–Trinajstić information content (AvgIpc) is 3.53. The maximum atomic E-state index is 13.3. The van der Waals surface area contributed by atoms with E-state index in [9.17, 15) is 9.59 Å². The topological polar surface area (TPSA) is 111 Å². The van der Waals surface area contributed by atoms with Crippen molar-refractivity contribution in [3.63, 3.8) is 0 Å². The molecular formula is C30H28N6O2S.